The Morgan fingerprint density at radius 2 is 2.16 bits per heavy atom. The molecule has 0 bridgehead atoms. The Labute approximate surface area is 116 Å². The van der Waals surface area contributed by atoms with E-state index < -0.39 is 12.0 Å². The summed E-state index contributed by atoms with van der Waals surface area (Å²) in [5.41, 5.74) is 7.63. The Kier molecular flexibility index (Phi) is 5.69. The molecule has 3 N–H and O–H groups in total. The van der Waals surface area contributed by atoms with Crippen molar-refractivity contribution in [3.8, 4) is 0 Å². The van der Waals surface area contributed by atoms with Gasteiger partial charge in [0.25, 0.3) is 0 Å². The SMILES string of the molecule is COC(=O)C(CSc1ccc(C)cc1N)NC(C)=O. The average molecular weight is 282 g/mol. The van der Waals surface area contributed by atoms with Gasteiger partial charge in [0.2, 0.25) is 5.91 Å². The van der Waals surface area contributed by atoms with Crippen LogP contribution >= 0.6 is 11.8 Å². The molecule has 0 spiro atoms. The molecule has 0 aromatic heterocycles. The van der Waals surface area contributed by atoms with Gasteiger partial charge in [-0.15, -0.1) is 11.8 Å². The number of benzene rings is 1. The molecule has 0 radical (unpaired) electrons. The van der Waals surface area contributed by atoms with Crippen LogP contribution in [0.1, 0.15) is 12.5 Å². The summed E-state index contributed by atoms with van der Waals surface area (Å²) in [7, 11) is 1.29. The van der Waals surface area contributed by atoms with Crippen LogP contribution in [0.2, 0.25) is 0 Å². The standard InChI is InChI=1S/C13H18N2O3S/c1-8-4-5-12(10(14)6-8)19-7-11(13(17)18-3)15-9(2)16/h4-6,11H,7,14H2,1-3H3,(H,15,16). The molecule has 19 heavy (non-hydrogen) atoms. The molecule has 0 aliphatic carbocycles. The Bertz CT molecular complexity index is 477. The van der Waals surface area contributed by atoms with E-state index in [1.807, 2.05) is 25.1 Å². The van der Waals surface area contributed by atoms with E-state index in [1.54, 1.807) is 0 Å². The molecule has 5 nitrogen and oxygen atoms in total. The van der Waals surface area contributed by atoms with Crippen molar-refractivity contribution in [1.82, 2.24) is 5.32 Å². The summed E-state index contributed by atoms with van der Waals surface area (Å²) in [6.07, 6.45) is 0. The molecule has 6 heteroatoms. The van der Waals surface area contributed by atoms with Crippen LogP contribution in [0.3, 0.4) is 0 Å². The lowest BCUT2D eigenvalue weighted by Gasteiger charge is -2.15. The van der Waals surface area contributed by atoms with Crippen molar-refractivity contribution in [2.24, 2.45) is 0 Å². The Morgan fingerprint density at radius 1 is 1.47 bits per heavy atom. The molecule has 1 atom stereocenters. The average Bonchev–Trinajstić information content (AvgIpc) is 2.34. The molecule has 1 aromatic rings. The zero-order chi connectivity index (χ0) is 14.4. The fourth-order valence-corrected chi connectivity index (χ4v) is 2.48. The van der Waals surface area contributed by atoms with Gasteiger partial charge in [-0.1, -0.05) is 6.07 Å². The molecule has 0 aliphatic rings. The van der Waals surface area contributed by atoms with Crippen LogP contribution in [0, 0.1) is 6.92 Å². The summed E-state index contributed by atoms with van der Waals surface area (Å²) < 4.78 is 4.65. The van der Waals surface area contributed by atoms with E-state index in [0.29, 0.717) is 11.4 Å². The van der Waals surface area contributed by atoms with Gasteiger partial charge in [0.1, 0.15) is 6.04 Å². The lowest BCUT2D eigenvalue weighted by Crippen LogP contribution is -2.42. The quantitative estimate of drug-likeness (QED) is 0.484. The van der Waals surface area contributed by atoms with Crippen molar-refractivity contribution in [3.63, 3.8) is 0 Å². The number of nitrogen functional groups attached to an aromatic ring is 1. The van der Waals surface area contributed by atoms with Gasteiger partial charge < -0.3 is 15.8 Å². The van der Waals surface area contributed by atoms with E-state index in [1.165, 1.54) is 25.8 Å². The number of esters is 1. The van der Waals surface area contributed by atoms with E-state index in [9.17, 15) is 9.59 Å². The van der Waals surface area contributed by atoms with Crippen molar-refractivity contribution in [3.05, 3.63) is 23.8 Å². The Hall–Kier alpha value is -1.69. The number of hydrogen-bond acceptors (Lipinski definition) is 5. The number of carbonyl (C=O) groups is 2. The molecule has 1 rings (SSSR count). The number of nitrogens with two attached hydrogens (primary N) is 1. The van der Waals surface area contributed by atoms with Crippen LogP contribution in [0.15, 0.2) is 23.1 Å². The smallest absolute Gasteiger partial charge is 0.329 e. The number of carbonyl (C=O) groups excluding carboxylic acids is 2. The first kappa shape index (κ1) is 15.4. The van der Waals surface area contributed by atoms with Gasteiger partial charge >= 0.3 is 5.97 Å². The van der Waals surface area contributed by atoms with Gasteiger partial charge in [0.05, 0.1) is 7.11 Å². The molecule has 104 valence electrons. The molecule has 1 unspecified atom stereocenters. The van der Waals surface area contributed by atoms with Gasteiger partial charge in [-0.2, -0.15) is 0 Å². The van der Waals surface area contributed by atoms with Crippen molar-refractivity contribution < 1.29 is 14.3 Å². The second-order valence-electron chi connectivity index (χ2n) is 4.13. The summed E-state index contributed by atoms with van der Waals surface area (Å²) >= 11 is 1.41. The number of hydrogen-bond donors (Lipinski definition) is 2. The highest BCUT2D eigenvalue weighted by molar-refractivity contribution is 7.99. The highest BCUT2D eigenvalue weighted by atomic mass is 32.2. The maximum absolute atomic E-state index is 11.5. The number of aryl methyl sites for hydroxylation is 1. The van der Waals surface area contributed by atoms with Crippen molar-refractivity contribution >= 4 is 29.3 Å². The second kappa shape index (κ2) is 7.04. The van der Waals surface area contributed by atoms with E-state index in [2.05, 4.69) is 10.1 Å². The summed E-state index contributed by atoms with van der Waals surface area (Å²) in [5.74, 6) is -0.360. The third-order valence-electron chi connectivity index (χ3n) is 2.43. The van der Waals surface area contributed by atoms with Crippen LogP contribution < -0.4 is 11.1 Å². The second-order valence-corrected chi connectivity index (χ2v) is 5.19. The third kappa shape index (κ3) is 4.82. The summed E-state index contributed by atoms with van der Waals surface area (Å²) in [6.45, 7) is 3.32. The van der Waals surface area contributed by atoms with E-state index in [0.717, 1.165) is 10.5 Å². The first-order valence-corrected chi connectivity index (χ1v) is 6.76. The van der Waals surface area contributed by atoms with E-state index in [-0.39, 0.29) is 5.91 Å². The molecule has 1 amide bonds. The third-order valence-corrected chi connectivity index (χ3v) is 3.62. The fraction of sp³-hybridized carbons (Fsp3) is 0.385. The lowest BCUT2D eigenvalue weighted by molar-refractivity contribution is -0.144. The molecule has 0 saturated heterocycles. The minimum atomic E-state index is -0.673. The normalized spacial score (nSPS) is 11.7. The first-order chi connectivity index (χ1) is 8.93. The Balaban J connectivity index is 2.70. The summed E-state index contributed by atoms with van der Waals surface area (Å²) in [6, 6.07) is 5.04. The molecule has 0 heterocycles. The monoisotopic (exact) mass is 282 g/mol. The van der Waals surface area contributed by atoms with Gasteiger partial charge in [-0.3, -0.25) is 4.79 Å². The summed E-state index contributed by atoms with van der Waals surface area (Å²) in [4.78, 5) is 23.5. The van der Waals surface area contributed by atoms with E-state index in [4.69, 9.17) is 5.73 Å². The molecule has 0 aliphatic heterocycles. The lowest BCUT2D eigenvalue weighted by atomic mass is 10.2. The number of rotatable bonds is 5. The predicted octanol–water partition coefficient (Wildman–Crippen LogP) is 1.35. The van der Waals surface area contributed by atoms with Gasteiger partial charge in [-0.05, 0) is 24.6 Å². The fourth-order valence-electron chi connectivity index (χ4n) is 1.53. The summed E-state index contributed by atoms with van der Waals surface area (Å²) in [5, 5.41) is 2.56. The van der Waals surface area contributed by atoms with Crippen LogP contribution in [0.4, 0.5) is 5.69 Å². The number of amides is 1. The zero-order valence-corrected chi connectivity index (χ0v) is 12.0. The largest absolute Gasteiger partial charge is 0.467 e. The highest BCUT2D eigenvalue weighted by Crippen LogP contribution is 2.26. The molecule has 1 aromatic carbocycles. The van der Waals surface area contributed by atoms with Crippen molar-refractivity contribution in [1.29, 1.82) is 0 Å². The number of thioether (sulfide) groups is 1. The van der Waals surface area contributed by atoms with Crippen LogP contribution in [0.5, 0.6) is 0 Å². The molecular weight excluding hydrogens is 264 g/mol. The zero-order valence-electron chi connectivity index (χ0n) is 11.2. The van der Waals surface area contributed by atoms with Crippen molar-refractivity contribution in [2.45, 2.75) is 24.8 Å². The number of anilines is 1. The van der Waals surface area contributed by atoms with Crippen LogP contribution in [-0.2, 0) is 14.3 Å². The van der Waals surface area contributed by atoms with Crippen molar-refractivity contribution in [2.75, 3.05) is 18.6 Å². The number of methoxy groups -OCH3 is 1. The van der Waals surface area contributed by atoms with Crippen LogP contribution in [0.25, 0.3) is 0 Å². The predicted molar refractivity (Wildman–Crippen MR) is 75.9 cm³/mol. The number of ether oxygens (including phenoxy) is 1. The molecular formula is C13H18N2O3S. The minimum Gasteiger partial charge on any atom is -0.467 e. The van der Waals surface area contributed by atoms with Gasteiger partial charge in [0.15, 0.2) is 0 Å². The van der Waals surface area contributed by atoms with Crippen LogP contribution in [-0.4, -0.2) is 30.8 Å². The highest BCUT2D eigenvalue weighted by Gasteiger charge is 2.20. The Morgan fingerprint density at radius 3 is 2.68 bits per heavy atom. The minimum absolute atomic E-state index is 0.270. The van der Waals surface area contributed by atoms with Gasteiger partial charge in [0, 0.05) is 23.3 Å². The maximum Gasteiger partial charge on any atom is 0.329 e. The molecule has 0 saturated carbocycles. The van der Waals surface area contributed by atoms with E-state index >= 15 is 0 Å². The first-order valence-electron chi connectivity index (χ1n) is 5.78. The van der Waals surface area contributed by atoms with Gasteiger partial charge in [-0.25, -0.2) is 4.79 Å². The topological polar surface area (TPSA) is 81.4 Å². The number of nitrogens with one attached hydrogen (secondary N) is 1. The maximum atomic E-state index is 11.5. The molecule has 0 fully saturated rings.